The van der Waals surface area contributed by atoms with Crippen LogP contribution in [0.3, 0.4) is 0 Å². The Morgan fingerprint density at radius 1 is 1.50 bits per heavy atom. The van der Waals surface area contributed by atoms with E-state index in [0.29, 0.717) is 6.92 Å². The average molecular weight is 180 g/mol. The van der Waals surface area contributed by atoms with Gasteiger partial charge in [-0.3, -0.25) is 5.10 Å². The second kappa shape index (κ2) is 2.48. The molecule has 1 aromatic heterocycles. The molecule has 3 nitrogen and oxygen atoms in total. The third-order valence-corrected chi connectivity index (χ3v) is 1.61. The van der Waals surface area contributed by atoms with Crippen LogP contribution < -0.4 is 0 Å². The van der Waals surface area contributed by atoms with Crippen LogP contribution in [-0.2, 0) is 5.60 Å². The number of nitrogens with one attached hydrogen (secondary N) is 1. The fraction of sp³-hybridized carbons (Fsp3) is 0.500. The van der Waals surface area contributed by atoms with E-state index in [4.69, 9.17) is 5.11 Å². The molecule has 1 heterocycles. The van der Waals surface area contributed by atoms with E-state index in [9.17, 15) is 13.2 Å². The first-order valence-electron chi connectivity index (χ1n) is 3.14. The number of aromatic nitrogens is 2. The van der Waals surface area contributed by atoms with Crippen molar-refractivity contribution >= 4 is 0 Å². The molecule has 0 bridgehead atoms. The highest BCUT2D eigenvalue weighted by Gasteiger charge is 2.51. The van der Waals surface area contributed by atoms with Crippen molar-refractivity contribution in [1.82, 2.24) is 10.2 Å². The van der Waals surface area contributed by atoms with Crippen molar-refractivity contribution < 1.29 is 18.3 Å². The number of rotatable bonds is 1. The van der Waals surface area contributed by atoms with Gasteiger partial charge in [-0.05, 0) is 6.92 Å². The van der Waals surface area contributed by atoms with Crippen LogP contribution in [0.15, 0.2) is 12.4 Å². The van der Waals surface area contributed by atoms with E-state index in [1.165, 1.54) is 0 Å². The molecule has 0 aromatic carbocycles. The molecule has 0 saturated heterocycles. The zero-order chi connectivity index (χ0) is 9.41. The maximum atomic E-state index is 12.1. The van der Waals surface area contributed by atoms with Crippen LogP contribution in [0, 0.1) is 0 Å². The van der Waals surface area contributed by atoms with E-state index in [-0.39, 0.29) is 5.56 Å². The molecule has 68 valence electrons. The third-order valence-electron chi connectivity index (χ3n) is 1.61. The van der Waals surface area contributed by atoms with Crippen LogP contribution in [-0.4, -0.2) is 21.5 Å². The zero-order valence-corrected chi connectivity index (χ0v) is 6.18. The van der Waals surface area contributed by atoms with Gasteiger partial charge < -0.3 is 5.11 Å². The highest BCUT2D eigenvalue weighted by molar-refractivity contribution is 5.15. The molecular formula is C6H7F3N2O. The summed E-state index contributed by atoms with van der Waals surface area (Å²) in [4.78, 5) is 0. The van der Waals surface area contributed by atoms with Gasteiger partial charge in [0.15, 0.2) is 5.60 Å². The summed E-state index contributed by atoms with van der Waals surface area (Å²) in [7, 11) is 0. The molecule has 0 radical (unpaired) electrons. The van der Waals surface area contributed by atoms with E-state index < -0.39 is 11.8 Å². The van der Waals surface area contributed by atoms with Gasteiger partial charge in [0.25, 0.3) is 0 Å². The van der Waals surface area contributed by atoms with Gasteiger partial charge in [0.1, 0.15) is 0 Å². The first-order chi connectivity index (χ1) is 5.36. The van der Waals surface area contributed by atoms with Crippen molar-refractivity contribution in [1.29, 1.82) is 0 Å². The van der Waals surface area contributed by atoms with E-state index in [1.54, 1.807) is 0 Å². The van der Waals surface area contributed by atoms with Crippen LogP contribution in [0.4, 0.5) is 13.2 Å². The molecule has 1 aromatic rings. The Morgan fingerprint density at radius 2 is 2.08 bits per heavy atom. The number of H-pyrrole nitrogens is 1. The second-order valence-electron chi connectivity index (χ2n) is 2.56. The molecule has 1 rings (SSSR count). The lowest BCUT2D eigenvalue weighted by Crippen LogP contribution is -2.38. The molecule has 0 amide bonds. The minimum Gasteiger partial charge on any atom is -0.376 e. The number of halogens is 3. The SMILES string of the molecule is C[C@](O)(c1cn[nH]c1)C(F)(F)F. The highest BCUT2D eigenvalue weighted by Crippen LogP contribution is 2.37. The predicted molar refractivity (Wildman–Crippen MR) is 34.2 cm³/mol. The lowest BCUT2D eigenvalue weighted by atomic mass is 9.99. The van der Waals surface area contributed by atoms with Gasteiger partial charge in [-0.15, -0.1) is 0 Å². The van der Waals surface area contributed by atoms with Crippen LogP contribution >= 0.6 is 0 Å². The molecule has 1 atom stereocenters. The molecule has 0 fully saturated rings. The normalized spacial score (nSPS) is 17.4. The van der Waals surface area contributed by atoms with Gasteiger partial charge in [0.05, 0.1) is 6.20 Å². The van der Waals surface area contributed by atoms with E-state index in [0.717, 1.165) is 12.4 Å². The molecule has 0 aliphatic rings. The van der Waals surface area contributed by atoms with Gasteiger partial charge in [0.2, 0.25) is 0 Å². The number of aliphatic hydroxyl groups is 1. The summed E-state index contributed by atoms with van der Waals surface area (Å²) in [5, 5.41) is 14.5. The standard InChI is InChI=1S/C6H7F3N2O/c1-5(12,6(7,8)9)4-2-10-11-3-4/h2-3,12H,1H3,(H,10,11)/t5-/m0/s1. The average Bonchev–Trinajstić information content (AvgIpc) is 2.34. The van der Waals surface area contributed by atoms with Gasteiger partial charge in [-0.2, -0.15) is 18.3 Å². The van der Waals surface area contributed by atoms with Crippen LogP contribution in [0.25, 0.3) is 0 Å². The minimum atomic E-state index is -4.68. The summed E-state index contributed by atoms with van der Waals surface area (Å²) in [5.74, 6) is 0. The van der Waals surface area contributed by atoms with Gasteiger partial charge in [0, 0.05) is 11.8 Å². The van der Waals surface area contributed by atoms with Crippen molar-refractivity contribution in [3.8, 4) is 0 Å². The van der Waals surface area contributed by atoms with Gasteiger partial charge in [-0.1, -0.05) is 0 Å². The van der Waals surface area contributed by atoms with Crippen molar-refractivity contribution in [2.45, 2.75) is 18.7 Å². The first kappa shape index (κ1) is 9.05. The third kappa shape index (κ3) is 1.29. The monoisotopic (exact) mass is 180 g/mol. The van der Waals surface area contributed by atoms with Gasteiger partial charge in [-0.25, -0.2) is 0 Å². The Morgan fingerprint density at radius 3 is 2.42 bits per heavy atom. The minimum absolute atomic E-state index is 0.296. The summed E-state index contributed by atoms with van der Waals surface area (Å²) in [6, 6.07) is 0. The molecule has 0 spiro atoms. The molecule has 0 unspecified atom stereocenters. The predicted octanol–water partition coefficient (Wildman–Crippen LogP) is 1.18. The molecule has 12 heavy (non-hydrogen) atoms. The number of nitrogens with zero attached hydrogens (tertiary/aromatic N) is 1. The Hall–Kier alpha value is -1.04. The molecular weight excluding hydrogens is 173 g/mol. The Balaban J connectivity index is 3.02. The summed E-state index contributed by atoms with van der Waals surface area (Å²) in [6.45, 7) is 0.678. The van der Waals surface area contributed by atoms with Crippen LogP contribution in [0.1, 0.15) is 12.5 Å². The lowest BCUT2D eigenvalue weighted by Gasteiger charge is -2.24. The van der Waals surface area contributed by atoms with E-state index in [2.05, 4.69) is 10.2 Å². The number of aromatic amines is 1. The maximum Gasteiger partial charge on any atom is 0.421 e. The molecule has 0 aliphatic carbocycles. The first-order valence-corrected chi connectivity index (χ1v) is 3.14. The van der Waals surface area contributed by atoms with E-state index in [1.807, 2.05) is 0 Å². The smallest absolute Gasteiger partial charge is 0.376 e. The molecule has 0 aliphatic heterocycles. The molecule has 0 saturated carbocycles. The summed E-state index contributed by atoms with van der Waals surface area (Å²) in [5.41, 5.74) is -3.13. The van der Waals surface area contributed by atoms with E-state index >= 15 is 0 Å². The van der Waals surface area contributed by atoms with Crippen molar-refractivity contribution in [2.24, 2.45) is 0 Å². The Labute approximate surface area is 66.2 Å². The number of alkyl halides is 3. The lowest BCUT2D eigenvalue weighted by molar-refractivity contribution is -0.258. The highest BCUT2D eigenvalue weighted by atomic mass is 19.4. The summed E-state index contributed by atoms with van der Waals surface area (Å²) < 4.78 is 36.3. The largest absolute Gasteiger partial charge is 0.421 e. The molecule has 2 N–H and O–H groups in total. The Kier molecular flexibility index (Phi) is 1.87. The molecule has 6 heteroatoms. The van der Waals surface area contributed by atoms with Crippen molar-refractivity contribution in [2.75, 3.05) is 0 Å². The summed E-state index contributed by atoms with van der Waals surface area (Å²) >= 11 is 0. The Bertz CT molecular complexity index is 252. The second-order valence-corrected chi connectivity index (χ2v) is 2.56. The topological polar surface area (TPSA) is 48.9 Å². The van der Waals surface area contributed by atoms with Crippen LogP contribution in [0.5, 0.6) is 0 Å². The fourth-order valence-corrected chi connectivity index (χ4v) is 0.681. The van der Waals surface area contributed by atoms with Crippen molar-refractivity contribution in [3.05, 3.63) is 18.0 Å². The maximum absolute atomic E-state index is 12.1. The fourth-order valence-electron chi connectivity index (χ4n) is 0.681. The quantitative estimate of drug-likeness (QED) is 0.681. The number of hydrogen-bond donors (Lipinski definition) is 2. The zero-order valence-electron chi connectivity index (χ0n) is 6.18. The van der Waals surface area contributed by atoms with Crippen molar-refractivity contribution in [3.63, 3.8) is 0 Å². The van der Waals surface area contributed by atoms with Gasteiger partial charge >= 0.3 is 6.18 Å². The summed E-state index contributed by atoms with van der Waals surface area (Å²) in [6.07, 6.45) is -2.74. The van der Waals surface area contributed by atoms with Crippen LogP contribution in [0.2, 0.25) is 0 Å². The number of hydrogen-bond acceptors (Lipinski definition) is 2.